The standard InChI is InChI=1S/C12H18OS/c1-2-14(13)11-7-6-10-12-8-4-3-5-9-12/h3-5,8-9H,2,6-7,10-11H2,1H3. The molecule has 1 rings (SSSR count). The quantitative estimate of drug-likeness (QED) is 0.660. The highest BCUT2D eigenvalue weighted by atomic mass is 32.2. The van der Waals surface area contributed by atoms with Crippen LogP contribution in [0.4, 0.5) is 0 Å². The highest BCUT2D eigenvalue weighted by molar-refractivity contribution is 7.84. The molecule has 0 N–H and O–H groups in total. The lowest BCUT2D eigenvalue weighted by atomic mass is 10.1. The highest BCUT2D eigenvalue weighted by Gasteiger charge is 1.96. The van der Waals surface area contributed by atoms with E-state index in [9.17, 15) is 4.21 Å². The van der Waals surface area contributed by atoms with Crippen molar-refractivity contribution >= 4 is 10.8 Å². The molecule has 0 saturated heterocycles. The van der Waals surface area contributed by atoms with Gasteiger partial charge in [-0.3, -0.25) is 4.21 Å². The maximum Gasteiger partial charge on any atom is 0.0234 e. The van der Waals surface area contributed by atoms with Crippen LogP contribution in [0.5, 0.6) is 0 Å². The Bertz CT molecular complexity index is 269. The molecule has 0 amide bonds. The van der Waals surface area contributed by atoms with Crippen LogP contribution in [0.1, 0.15) is 25.3 Å². The first kappa shape index (κ1) is 11.4. The highest BCUT2D eigenvalue weighted by Crippen LogP contribution is 2.04. The Hall–Kier alpha value is -0.630. The lowest BCUT2D eigenvalue weighted by molar-refractivity contribution is 0.678. The zero-order valence-corrected chi connectivity index (χ0v) is 9.56. The van der Waals surface area contributed by atoms with Crippen LogP contribution in [0.15, 0.2) is 30.3 Å². The van der Waals surface area contributed by atoms with Crippen molar-refractivity contribution in [2.75, 3.05) is 11.5 Å². The summed E-state index contributed by atoms with van der Waals surface area (Å²) in [5.41, 5.74) is 1.38. The third-order valence-electron chi connectivity index (χ3n) is 2.25. The second-order valence-corrected chi connectivity index (χ2v) is 5.24. The summed E-state index contributed by atoms with van der Waals surface area (Å²) in [7, 11) is -0.585. The van der Waals surface area contributed by atoms with E-state index in [1.807, 2.05) is 13.0 Å². The minimum atomic E-state index is -0.585. The van der Waals surface area contributed by atoms with E-state index in [1.165, 1.54) is 5.56 Å². The average molecular weight is 210 g/mol. The van der Waals surface area contributed by atoms with Crippen LogP contribution in [-0.2, 0) is 17.2 Å². The van der Waals surface area contributed by atoms with Gasteiger partial charge in [0.2, 0.25) is 0 Å². The molecule has 78 valence electrons. The molecule has 0 spiro atoms. The predicted molar refractivity (Wildman–Crippen MR) is 62.9 cm³/mol. The number of unbranched alkanes of at least 4 members (excludes halogenated alkanes) is 1. The fourth-order valence-electron chi connectivity index (χ4n) is 1.38. The molecule has 0 radical (unpaired) electrons. The lowest BCUT2D eigenvalue weighted by Gasteiger charge is -2.00. The molecule has 0 aliphatic heterocycles. The molecule has 0 saturated carbocycles. The number of benzene rings is 1. The van der Waals surface area contributed by atoms with Gasteiger partial charge in [0.15, 0.2) is 0 Å². The summed E-state index contributed by atoms with van der Waals surface area (Å²) in [6.45, 7) is 1.98. The van der Waals surface area contributed by atoms with Gasteiger partial charge in [-0.2, -0.15) is 0 Å². The maximum atomic E-state index is 11.1. The van der Waals surface area contributed by atoms with Gasteiger partial charge in [-0.05, 0) is 24.8 Å². The molecule has 14 heavy (non-hydrogen) atoms. The zero-order chi connectivity index (χ0) is 10.2. The van der Waals surface area contributed by atoms with E-state index >= 15 is 0 Å². The van der Waals surface area contributed by atoms with Crippen molar-refractivity contribution in [3.8, 4) is 0 Å². The summed E-state index contributed by atoms with van der Waals surface area (Å²) < 4.78 is 11.1. The summed E-state index contributed by atoms with van der Waals surface area (Å²) in [5.74, 6) is 1.66. The molecule has 1 nitrogen and oxygen atoms in total. The molecule has 0 aliphatic carbocycles. The van der Waals surface area contributed by atoms with Gasteiger partial charge in [-0.1, -0.05) is 37.3 Å². The van der Waals surface area contributed by atoms with E-state index in [0.29, 0.717) is 0 Å². The summed E-state index contributed by atoms with van der Waals surface area (Å²) in [6.07, 6.45) is 3.34. The van der Waals surface area contributed by atoms with E-state index < -0.39 is 10.8 Å². The normalized spacial score (nSPS) is 12.6. The second-order valence-electron chi connectivity index (χ2n) is 3.38. The SMILES string of the molecule is CCS(=O)CCCCc1ccccc1. The van der Waals surface area contributed by atoms with Crippen LogP contribution >= 0.6 is 0 Å². The van der Waals surface area contributed by atoms with E-state index in [-0.39, 0.29) is 0 Å². The van der Waals surface area contributed by atoms with Crippen LogP contribution in [0, 0.1) is 0 Å². The Balaban J connectivity index is 2.13. The summed E-state index contributed by atoms with van der Waals surface area (Å²) in [4.78, 5) is 0. The molecule has 1 atom stereocenters. The van der Waals surface area contributed by atoms with Gasteiger partial charge in [0.25, 0.3) is 0 Å². The molecule has 2 heteroatoms. The van der Waals surface area contributed by atoms with Crippen LogP contribution in [0.25, 0.3) is 0 Å². The maximum absolute atomic E-state index is 11.1. The minimum absolute atomic E-state index is 0.585. The molecule has 0 aromatic heterocycles. The zero-order valence-electron chi connectivity index (χ0n) is 8.74. The van der Waals surface area contributed by atoms with Gasteiger partial charge in [0, 0.05) is 22.3 Å². The molecule has 1 unspecified atom stereocenters. The van der Waals surface area contributed by atoms with E-state index in [0.717, 1.165) is 30.8 Å². The van der Waals surface area contributed by atoms with Crippen molar-refractivity contribution in [1.82, 2.24) is 0 Å². The molecule has 0 fully saturated rings. The predicted octanol–water partition coefficient (Wildman–Crippen LogP) is 2.78. The minimum Gasteiger partial charge on any atom is -0.260 e. The molecule has 0 bridgehead atoms. The first-order valence-corrected chi connectivity index (χ1v) is 6.70. The third-order valence-corrected chi connectivity index (χ3v) is 3.64. The van der Waals surface area contributed by atoms with Crippen LogP contribution in [0.2, 0.25) is 0 Å². The largest absolute Gasteiger partial charge is 0.260 e. The number of aryl methyl sites for hydroxylation is 1. The first-order chi connectivity index (χ1) is 6.83. The molecular formula is C12H18OS. The number of hydrogen-bond acceptors (Lipinski definition) is 1. The van der Waals surface area contributed by atoms with Crippen molar-refractivity contribution in [3.63, 3.8) is 0 Å². The Morgan fingerprint density at radius 2 is 1.86 bits per heavy atom. The fourth-order valence-corrected chi connectivity index (χ4v) is 2.20. The molecule has 1 aromatic carbocycles. The smallest absolute Gasteiger partial charge is 0.0234 e. The summed E-state index contributed by atoms with van der Waals surface area (Å²) in [6, 6.07) is 10.5. The van der Waals surface area contributed by atoms with Crippen LogP contribution in [0.3, 0.4) is 0 Å². The van der Waals surface area contributed by atoms with Gasteiger partial charge in [-0.15, -0.1) is 0 Å². The van der Waals surface area contributed by atoms with Crippen LogP contribution < -0.4 is 0 Å². The van der Waals surface area contributed by atoms with Gasteiger partial charge in [0.05, 0.1) is 0 Å². The Kier molecular flexibility index (Phi) is 5.53. The van der Waals surface area contributed by atoms with Crippen LogP contribution in [-0.4, -0.2) is 15.7 Å². The monoisotopic (exact) mass is 210 g/mol. The van der Waals surface area contributed by atoms with Crippen molar-refractivity contribution < 1.29 is 4.21 Å². The van der Waals surface area contributed by atoms with E-state index in [1.54, 1.807) is 0 Å². The van der Waals surface area contributed by atoms with Crippen molar-refractivity contribution in [1.29, 1.82) is 0 Å². The van der Waals surface area contributed by atoms with Crippen molar-refractivity contribution in [2.45, 2.75) is 26.2 Å². The second kappa shape index (κ2) is 6.77. The van der Waals surface area contributed by atoms with Crippen molar-refractivity contribution in [2.24, 2.45) is 0 Å². The van der Waals surface area contributed by atoms with Gasteiger partial charge in [-0.25, -0.2) is 0 Å². The molecule has 1 aromatic rings. The van der Waals surface area contributed by atoms with Gasteiger partial charge >= 0.3 is 0 Å². The van der Waals surface area contributed by atoms with Gasteiger partial charge in [0.1, 0.15) is 0 Å². The first-order valence-electron chi connectivity index (χ1n) is 5.22. The molecule has 0 heterocycles. The topological polar surface area (TPSA) is 17.1 Å². The Labute approximate surface area is 89.0 Å². The Morgan fingerprint density at radius 3 is 2.50 bits per heavy atom. The fraction of sp³-hybridized carbons (Fsp3) is 0.500. The summed E-state index contributed by atoms with van der Waals surface area (Å²) in [5, 5.41) is 0. The lowest BCUT2D eigenvalue weighted by Crippen LogP contribution is -1.99. The molecular weight excluding hydrogens is 192 g/mol. The summed E-state index contributed by atoms with van der Waals surface area (Å²) >= 11 is 0. The number of hydrogen-bond donors (Lipinski definition) is 0. The Morgan fingerprint density at radius 1 is 1.14 bits per heavy atom. The molecule has 0 aliphatic rings. The third kappa shape index (κ3) is 4.56. The average Bonchev–Trinajstić information content (AvgIpc) is 2.25. The number of rotatable bonds is 6. The van der Waals surface area contributed by atoms with E-state index in [2.05, 4.69) is 24.3 Å². The van der Waals surface area contributed by atoms with Gasteiger partial charge < -0.3 is 0 Å². The van der Waals surface area contributed by atoms with E-state index in [4.69, 9.17) is 0 Å². The van der Waals surface area contributed by atoms with Crippen molar-refractivity contribution in [3.05, 3.63) is 35.9 Å².